The Kier molecular flexibility index (Phi) is 3.40. The van der Waals surface area contributed by atoms with Crippen LogP contribution in [0.2, 0.25) is 0 Å². The summed E-state index contributed by atoms with van der Waals surface area (Å²) in [6.45, 7) is 2.72. The van der Waals surface area contributed by atoms with Gasteiger partial charge in [0.25, 0.3) is 0 Å². The Hall–Kier alpha value is -3.41. The fraction of sp³-hybridized carbons (Fsp3) is 0.190. The van der Waals surface area contributed by atoms with E-state index < -0.39 is 5.63 Å². The summed E-state index contributed by atoms with van der Waals surface area (Å²) in [4.78, 5) is 27.0. The van der Waals surface area contributed by atoms with Crippen LogP contribution in [0.5, 0.6) is 0 Å². The lowest BCUT2D eigenvalue weighted by atomic mass is 10.1. The molecule has 1 aliphatic rings. The maximum atomic E-state index is 13.0. The zero-order valence-corrected chi connectivity index (χ0v) is 14.8. The van der Waals surface area contributed by atoms with Gasteiger partial charge in [-0.05, 0) is 37.1 Å². The molecule has 0 spiro atoms. The van der Waals surface area contributed by atoms with Crippen LogP contribution in [-0.4, -0.2) is 22.2 Å². The van der Waals surface area contributed by atoms with Crippen LogP contribution in [0.1, 0.15) is 11.1 Å². The average molecular weight is 359 g/mol. The van der Waals surface area contributed by atoms with Crippen molar-refractivity contribution in [3.8, 4) is 0 Å². The summed E-state index contributed by atoms with van der Waals surface area (Å²) in [7, 11) is 0. The van der Waals surface area contributed by atoms with Crippen LogP contribution in [0.4, 0.5) is 5.69 Å². The van der Waals surface area contributed by atoms with Gasteiger partial charge in [-0.2, -0.15) is 5.10 Å². The molecule has 2 aromatic heterocycles. The number of carbonyl (C=O) groups is 1. The molecule has 0 saturated heterocycles. The number of carbonyl (C=O) groups excluding carboxylic acids is 1. The lowest BCUT2D eigenvalue weighted by molar-refractivity contribution is -0.119. The predicted octanol–water partition coefficient (Wildman–Crippen LogP) is 3.04. The molecule has 2 aromatic carbocycles. The zero-order valence-electron chi connectivity index (χ0n) is 14.8. The third-order valence-electron chi connectivity index (χ3n) is 5.13. The van der Waals surface area contributed by atoms with Gasteiger partial charge in [0, 0.05) is 17.6 Å². The molecule has 0 aliphatic carbocycles. The standard InChI is InChI=1S/C21H17N3O3/c1-13-6-7-18-15(10-13)20-16(21(26)27-18)11-22-24(20)12-19(25)23-9-8-14-4-2-3-5-17(14)23/h2-7,10-11H,8-9,12H2,1H3. The van der Waals surface area contributed by atoms with Crippen molar-refractivity contribution < 1.29 is 9.21 Å². The normalized spacial score (nSPS) is 13.4. The molecule has 3 heterocycles. The highest BCUT2D eigenvalue weighted by molar-refractivity contribution is 6.03. The van der Waals surface area contributed by atoms with E-state index in [0.29, 0.717) is 23.0 Å². The van der Waals surface area contributed by atoms with Gasteiger partial charge >= 0.3 is 5.63 Å². The highest BCUT2D eigenvalue weighted by Gasteiger charge is 2.25. The summed E-state index contributed by atoms with van der Waals surface area (Å²) in [6.07, 6.45) is 2.33. The number of fused-ring (bicyclic) bond motifs is 4. The summed E-state index contributed by atoms with van der Waals surface area (Å²) in [6, 6.07) is 13.6. The number of anilines is 1. The lowest BCUT2D eigenvalue weighted by Crippen LogP contribution is -2.32. The van der Waals surface area contributed by atoms with Crippen LogP contribution in [0.15, 0.2) is 57.9 Å². The number of aryl methyl sites for hydroxylation is 1. The minimum atomic E-state index is -0.438. The van der Waals surface area contributed by atoms with Gasteiger partial charge in [0.2, 0.25) is 5.91 Å². The highest BCUT2D eigenvalue weighted by Crippen LogP contribution is 2.28. The summed E-state index contributed by atoms with van der Waals surface area (Å²) < 4.78 is 7.00. The largest absolute Gasteiger partial charge is 0.422 e. The van der Waals surface area contributed by atoms with Gasteiger partial charge in [-0.3, -0.25) is 9.48 Å². The summed E-state index contributed by atoms with van der Waals surface area (Å²) >= 11 is 0. The van der Waals surface area contributed by atoms with Gasteiger partial charge < -0.3 is 9.32 Å². The minimum Gasteiger partial charge on any atom is -0.422 e. The lowest BCUT2D eigenvalue weighted by Gasteiger charge is -2.17. The van der Waals surface area contributed by atoms with Gasteiger partial charge in [-0.1, -0.05) is 29.8 Å². The SMILES string of the molecule is Cc1ccc2oc(=O)c3cnn(CC(=O)N4CCc5ccccc54)c3c2c1. The number of aromatic nitrogens is 2. The summed E-state index contributed by atoms with van der Waals surface area (Å²) in [5.74, 6) is -0.0426. The van der Waals surface area contributed by atoms with Crippen molar-refractivity contribution >= 4 is 33.5 Å². The molecule has 6 heteroatoms. The van der Waals surface area contributed by atoms with E-state index in [1.54, 1.807) is 15.6 Å². The smallest absolute Gasteiger partial charge is 0.347 e. The van der Waals surface area contributed by atoms with E-state index in [2.05, 4.69) is 5.10 Å². The van der Waals surface area contributed by atoms with Crippen LogP contribution < -0.4 is 10.5 Å². The molecule has 1 aliphatic heterocycles. The average Bonchev–Trinajstić information content (AvgIpc) is 3.27. The van der Waals surface area contributed by atoms with Gasteiger partial charge in [0.05, 0.1) is 11.7 Å². The molecule has 0 fully saturated rings. The third-order valence-corrected chi connectivity index (χ3v) is 5.13. The molecule has 0 unspecified atom stereocenters. The van der Waals surface area contributed by atoms with Gasteiger partial charge in [-0.15, -0.1) is 0 Å². The number of para-hydroxylation sites is 1. The molecule has 1 amide bonds. The molecule has 0 radical (unpaired) electrons. The molecule has 0 N–H and O–H groups in total. The quantitative estimate of drug-likeness (QED) is 0.516. The third kappa shape index (κ3) is 2.44. The molecule has 27 heavy (non-hydrogen) atoms. The molecule has 0 saturated carbocycles. The Labute approximate surface area is 154 Å². The fourth-order valence-electron chi connectivity index (χ4n) is 3.82. The van der Waals surface area contributed by atoms with Crippen molar-refractivity contribution in [3.63, 3.8) is 0 Å². The van der Waals surface area contributed by atoms with Gasteiger partial charge in [-0.25, -0.2) is 4.79 Å². The Bertz CT molecular complexity index is 1270. The molecule has 0 atom stereocenters. The van der Waals surface area contributed by atoms with E-state index >= 15 is 0 Å². The molecule has 134 valence electrons. The maximum Gasteiger partial charge on any atom is 0.347 e. The Morgan fingerprint density at radius 1 is 1.19 bits per heavy atom. The maximum absolute atomic E-state index is 13.0. The van der Waals surface area contributed by atoms with E-state index in [1.165, 1.54) is 11.8 Å². The second-order valence-corrected chi connectivity index (χ2v) is 6.88. The molecular weight excluding hydrogens is 342 g/mol. The Morgan fingerprint density at radius 3 is 2.93 bits per heavy atom. The van der Waals surface area contributed by atoms with Crippen LogP contribution in [0.25, 0.3) is 21.9 Å². The number of hydrogen-bond acceptors (Lipinski definition) is 4. The van der Waals surface area contributed by atoms with Crippen LogP contribution >= 0.6 is 0 Å². The van der Waals surface area contributed by atoms with Crippen LogP contribution in [0.3, 0.4) is 0 Å². The first-order chi connectivity index (χ1) is 13.1. The number of nitrogens with zero attached hydrogens (tertiary/aromatic N) is 3. The van der Waals surface area contributed by atoms with E-state index in [1.807, 2.05) is 43.3 Å². The van der Waals surface area contributed by atoms with E-state index in [-0.39, 0.29) is 12.5 Å². The van der Waals surface area contributed by atoms with Crippen molar-refractivity contribution in [3.05, 3.63) is 70.2 Å². The summed E-state index contributed by atoms with van der Waals surface area (Å²) in [5, 5.41) is 5.49. The van der Waals surface area contributed by atoms with Crippen LogP contribution in [0, 0.1) is 6.92 Å². The second-order valence-electron chi connectivity index (χ2n) is 6.88. The van der Waals surface area contributed by atoms with Gasteiger partial charge in [0.1, 0.15) is 17.5 Å². The Morgan fingerprint density at radius 2 is 2.04 bits per heavy atom. The first-order valence-corrected chi connectivity index (χ1v) is 8.89. The zero-order chi connectivity index (χ0) is 18.5. The molecule has 0 bridgehead atoms. The van der Waals surface area contributed by atoms with E-state index in [0.717, 1.165) is 23.1 Å². The molecular formula is C21H17N3O3. The van der Waals surface area contributed by atoms with E-state index in [9.17, 15) is 9.59 Å². The predicted molar refractivity (Wildman–Crippen MR) is 103 cm³/mol. The van der Waals surface area contributed by atoms with Crippen molar-refractivity contribution in [2.24, 2.45) is 0 Å². The minimum absolute atomic E-state index is 0.0426. The van der Waals surface area contributed by atoms with Crippen molar-refractivity contribution in [1.82, 2.24) is 9.78 Å². The molecule has 4 aromatic rings. The topological polar surface area (TPSA) is 68.3 Å². The van der Waals surface area contributed by atoms with E-state index in [4.69, 9.17) is 4.42 Å². The Balaban J connectivity index is 1.60. The number of amides is 1. The number of rotatable bonds is 2. The number of hydrogen-bond donors (Lipinski definition) is 0. The monoisotopic (exact) mass is 359 g/mol. The van der Waals surface area contributed by atoms with Crippen molar-refractivity contribution in [2.75, 3.05) is 11.4 Å². The molecule has 6 nitrogen and oxygen atoms in total. The van der Waals surface area contributed by atoms with Gasteiger partial charge in [0.15, 0.2) is 0 Å². The molecule has 5 rings (SSSR count). The first-order valence-electron chi connectivity index (χ1n) is 8.89. The van der Waals surface area contributed by atoms with Crippen molar-refractivity contribution in [1.29, 1.82) is 0 Å². The second kappa shape index (κ2) is 5.81. The number of benzene rings is 2. The fourth-order valence-corrected chi connectivity index (χ4v) is 3.82. The summed E-state index contributed by atoms with van der Waals surface area (Å²) in [5.41, 5.74) is 3.89. The van der Waals surface area contributed by atoms with Crippen molar-refractivity contribution in [2.45, 2.75) is 19.9 Å². The van der Waals surface area contributed by atoms with Crippen LogP contribution in [-0.2, 0) is 17.8 Å². The highest BCUT2D eigenvalue weighted by atomic mass is 16.4. The first kappa shape index (κ1) is 15.8.